The first-order valence-electron chi connectivity index (χ1n) is 11.5. The van der Waals surface area contributed by atoms with Crippen molar-refractivity contribution in [1.29, 1.82) is 0 Å². The summed E-state index contributed by atoms with van der Waals surface area (Å²) in [7, 11) is 8.73. The molecule has 0 fully saturated rings. The van der Waals surface area contributed by atoms with E-state index >= 15 is 0 Å². The van der Waals surface area contributed by atoms with Gasteiger partial charge in [-0.15, -0.1) is 0 Å². The van der Waals surface area contributed by atoms with E-state index in [9.17, 15) is 4.79 Å². The zero-order valence-electron chi connectivity index (χ0n) is 21.1. The van der Waals surface area contributed by atoms with E-state index in [2.05, 4.69) is 25.8 Å². The van der Waals surface area contributed by atoms with Gasteiger partial charge in [-0.05, 0) is 68.1 Å². The number of ether oxygens (including phenoxy) is 4. The van der Waals surface area contributed by atoms with Gasteiger partial charge in [0.05, 0.1) is 28.4 Å². The van der Waals surface area contributed by atoms with Crippen LogP contribution in [0.5, 0.6) is 23.0 Å². The fourth-order valence-electron chi connectivity index (χ4n) is 4.15. The minimum Gasteiger partial charge on any atom is -0.497 e. The molecule has 2 rings (SSSR count). The summed E-state index contributed by atoms with van der Waals surface area (Å²) in [5.74, 6) is 3.14. The minimum absolute atomic E-state index is 0.192. The van der Waals surface area contributed by atoms with Gasteiger partial charge in [-0.1, -0.05) is 13.8 Å². The first-order valence-corrected chi connectivity index (χ1v) is 11.5. The molecule has 2 aromatic carbocycles. The van der Waals surface area contributed by atoms with E-state index in [0.29, 0.717) is 5.75 Å². The van der Waals surface area contributed by atoms with Crippen LogP contribution in [0.1, 0.15) is 55.2 Å². The van der Waals surface area contributed by atoms with E-state index in [0.717, 1.165) is 67.0 Å². The van der Waals surface area contributed by atoms with Gasteiger partial charge in [0.15, 0.2) is 0 Å². The maximum absolute atomic E-state index is 12.1. The summed E-state index contributed by atoms with van der Waals surface area (Å²) >= 11 is 0. The molecule has 6 heteroatoms. The molecule has 0 saturated carbocycles. The number of methoxy groups -OCH3 is 4. The third-order valence-corrected chi connectivity index (χ3v) is 5.99. The summed E-state index contributed by atoms with van der Waals surface area (Å²) in [4.78, 5) is 14.4. The van der Waals surface area contributed by atoms with Crippen LogP contribution in [-0.2, 0) is 11.2 Å². The van der Waals surface area contributed by atoms with Crippen molar-refractivity contribution >= 4 is 6.29 Å². The quantitative estimate of drug-likeness (QED) is 0.369. The molecule has 0 aliphatic rings. The zero-order valence-corrected chi connectivity index (χ0v) is 21.1. The van der Waals surface area contributed by atoms with Crippen molar-refractivity contribution in [3.05, 3.63) is 47.0 Å². The van der Waals surface area contributed by atoms with E-state index in [-0.39, 0.29) is 11.8 Å². The van der Waals surface area contributed by atoms with E-state index < -0.39 is 0 Å². The molecule has 0 N–H and O–H groups in total. The van der Waals surface area contributed by atoms with Crippen LogP contribution < -0.4 is 18.9 Å². The van der Waals surface area contributed by atoms with Crippen molar-refractivity contribution in [2.75, 3.05) is 48.6 Å². The summed E-state index contributed by atoms with van der Waals surface area (Å²) in [6.07, 6.45) is 3.64. The lowest BCUT2D eigenvalue weighted by Crippen LogP contribution is -2.23. The zero-order chi connectivity index (χ0) is 24.4. The molecule has 6 nitrogen and oxygen atoms in total. The second-order valence-electron chi connectivity index (χ2n) is 8.65. The Morgan fingerprint density at radius 2 is 1.45 bits per heavy atom. The van der Waals surface area contributed by atoms with Crippen molar-refractivity contribution < 1.29 is 23.7 Å². The molecule has 182 valence electrons. The molecule has 0 radical (unpaired) electrons. The minimum atomic E-state index is -0.192. The fourth-order valence-corrected chi connectivity index (χ4v) is 4.15. The van der Waals surface area contributed by atoms with E-state index in [4.69, 9.17) is 18.9 Å². The van der Waals surface area contributed by atoms with E-state index in [1.54, 1.807) is 28.4 Å². The van der Waals surface area contributed by atoms with Gasteiger partial charge in [0, 0.05) is 30.2 Å². The molecule has 0 spiro atoms. The Morgan fingerprint density at radius 1 is 0.848 bits per heavy atom. The van der Waals surface area contributed by atoms with Gasteiger partial charge in [-0.3, -0.25) is 0 Å². The SMILES string of the molecule is COc1cc(CCN(C)CCC[C@H](C=O)c2cc(OC)cc(OC)c2C(C)C)cc(OC)c1. The Labute approximate surface area is 198 Å². The van der Waals surface area contributed by atoms with Crippen LogP contribution in [0.3, 0.4) is 0 Å². The molecule has 33 heavy (non-hydrogen) atoms. The van der Waals surface area contributed by atoms with Crippen LogP contribution in [0.2, 0.25) is 0 Å². The normalized spacial score (nSPS) is 12.0. The predicted octanol–water partition coefficient (Wildman–Crippen LogP) is 5.08. The molecule has 0 aromatic heterocycles. The standard InChI is InChI=1S/C27H39NO5/c1-19(2)27-25(16-24(32-6)17-26(27)33-7)21(18-29)9-8-11-28(3)12-10-20-13-22(30-4)15-23(14-20)31-5/h13-19,21H,8-12H2,1-7H3/t21-/m1/s1. The van der Waals surface area contributed by atoms with Crippen molar-refractivity contribution in [1.82, 2.24) is 4.90 Å². The number of benzene rings is 2. The highest BCUT2D eigenvalue weighted by Gasteiger charge is 2.22. The highest BCUT2D eigenvalue weighted by Crippen LogP contribution is 2.38. The number of hydrogen-bond donors (Lipinski definition) is 0. The van der Waals surface area contributed by atoms with Crippen molar-refractivity contribution in [2.45, 2.75) is 44.9 Å². The number of likely N-dealkylation sites (N-methyl/N-ethyl adjacent to an activating group) is 1. The Kier molecular flexibility index (Phi) is 10.5. The van der Waals surface area contributed by atoms with Crippen LogP contribution in [0.25, 0.3) is 0 Å². The summed E-state index contributed by atoms with van der Waals surface area (Å²) < 4.78 is 21.8. The van der Waals surface area contributed by atoms with Gasteiger partial charge < -0.3 is 28.6 Å². The highest BCUT2D eigenvalue weighted by atomic mass is 16.5. The third-order valence-electron chi connectivity index (χ3n) is 5.99. The summed E-state index contributed by atoms with van der Waals surface area (Å²) in [5, 5.41) is 0. The molecule has 0 heterocycles. The average Bonchev–Trinajstić information content (AvgIpc) is 2.83. The first-order chi connectivity index (χ1) is 15.9. The molecular formula is C27H39NO5. The Hall–Kier alpha value is -2.73. The lowest BCUT2D eigenvalue weighted by molar-refractivity contribution is -0.109. The van der Waals surface area contributed by atoms with Gasteiger partial charge >= 0.3 is 0 Å². The largest absolute Gasteiger partial charge is 0.497 e. The maximum atomic E-state index is 12.1. The molecule has 0 aliphatic heterocycles. The Bertz CT molecular complexity index is 874. The van der Waals surface area contributed by atoms with Crippen molar-refractivity contribution in [2.24, 2.45) is 0 Å². The number of carbonyl (C=O) groups is 1. The molecule has 0 saturated heterocycles. The second kappa shape index (κ2) is 13.1. The Morgan fingerprint density at radius 3 is 1.97 bits per heavy atom. The maximum Gasteiger partial charge on any atom is 0.127 e. The number of nitrogens with zero attached hydrogens (tertiary/aromatic N) is 1. The van der Waals surface area contributed by atoms with Gasteiger partial charge in [-0.2, -0.15) is 0 Å². The molecule has 0 unspecified atom stereocenters. The van der Waals surface area contributed by atoms with E-state index in [1.165, 1.54) is 5.56 Å². The summed E-state index contributed by atoms with van der Waals surface area (Å²) in [6, 6.07) is 9.84. The molecule has 0 bridgehead atoms. The molecule has 0 aliphatic carbocycles. The van der Waals surface area contributed by atoms with Crippen LogP contribution >= 0.6 is 0 Å². The van der Waals surface area contributed by atoms with Crippen LogP contribution in [0, 0.1) is 0 Å². The molecular weight excluding hydrogens is 418 g/mol. The highest BCUT2D eigenvalue weighted by molar-refractivity contribution is 5.66. The number of hydrogen-bond acceptors (Lipinski definition) is 6. The van der Waals surface area contributed by atoms with Gasteiger partial charge in [0.1, 0.15) is 29.3 Å². The summed E-state index contributed by atoms with van der Waals surface area (Å²) in [5.41, 5.74) is 3.26. The van der Waals surface area contributed by atoms with Crippen LogP contribution in [0.15, 0.2) is 30.3 Å². The lowest BCUT2D eigenvalue weighted by atomic mass is 9.86. The van der Waals surface area contributed by atoms with E-state index in [1.807, 2.05) is 30.3 Å². The fraction of sp³-hybridized carbons (Fsp3) is 0.519. The molecule has 1 atom stereocenters. The second-order valence-corrected chi connectivity index (χ2v) is 8.65. The number of aldehydes is 1. The number of carbonyl (C=O) groups excluding carboxylic acids is 1. The smallest absolute Gasteiger partial charge is 0.127 e. The van der Waals surface area contributed by atoms with Crippen LogP contribution in [-0.4, -0.2) is 59.8 Å². The monoisotopic (exact) mass is 457 g/mol. The van der Waals surface area contributed by atoms with Gasteiger partial charge in [0.2, 0.25) is 0 Å². The van der Waals surface area contributed by atoms with Crippen LogP contribution in [0.4, 0.5) is 0 Å². The topological polar surface area (TPSA) is 57.2 Å². The van der Waals surface area contributed by atoms with Gasteiger partial charge in [0.25, 0.3) is 0 Å². The Balaban J connectivity index is 2.01. The van der Waals surface area contributed by atoms with Crippen molar-refractivity contribution in [3.8, 4) is 23.0 Å². The summed E-state index contributed by atoms with van der Waals surface area (Å²) in [6.45, 7) is 6.06. The van der Waals surface area contributed by atoms with Crippen molar-refractivity contribution in [3.63, 3.8) is 0 Å². The first kappa shape index (κ1) is 26.5. The molecule has 0 amide bonds. The molecule has 2 aromatic rings. The predicted molar refractivity (Wildman–Crippen MR) is 132 cm³/mol. The van der Waals surface area contributed by atoms with Gasteiger partial charge in [-0.25, -0.2) is 0 Å². The lowest BCUT2D eigenvalue weighted by Gasteiger charge is -2.23. The number of rotatable bonds is 14. The third kappa shape index (κ3) is 7.39. The average molecular weight is 458 g/mol.